The van der Waals surface area contributed by atoms with Gasteiger partial charge in [-0.2, -0.15) is 0 Å². The van der Waals surface area contributed by atoms with Crippen molar-refractivity contribution in [3.05, 3.63) is 0 Å². The van der Waals surface area contributed by atoms with Crippen LogP contribution in [-0.2, 0) is 8.23 Å². The topological polar surface area (TPSA) is 18.5 Å². The quantitative estimate of drug-likeness (QED) is 0.174. The Balaban J connectivity index is 3.86. The number of hydrogen-bond acceptors (Lipinski definition) is 2. The Labute approximate surface area is 169 Å². The van der Waals surface area contributed by atoms with Crippen LogP contribution in [0, 0.1) is 0 Å². The predicted octanol–water partition coefficient (Wildman–Crippen LogP) is 8.46. The molecule has 0 saturated heterocycles. The molecule has 0 aliphatic heterocycles. The molecule has 0 aliphatic rings. The maximum Gasteiger partial charge on any atom is 0.314 e. The molecule has 0 radical (unpaired) electrons. The summed E-state index contributed by atoms with van der Waals surface area (Å²) in [7, 11) is -5.07. The van der Waals surface area contributed by atoms with Crippen LogP contribution in [0.1, 0.15) is 84.0 Å². The van der Waals surface area contributed by atoms with E-state index >= 15 is 0 Å². The second kappa shape index (κ2) is 13.7. The fourth-order valence-electron chi connectivity index (χ4n) is 3.71. The zero-order chi connectivity index (χ0) is 20.1. The van der Waals surface area contributed by atoms with Gasteiger partial charge in [-0.1, -0.05) is 84.0 Å². The minimum absolute atomic E-state index is 1.18. The highest BCUT2D eigenvalue weighted by atomic mass is 28.5. The van der Waals surface area contributed by atoms with E-state index in [1.807, 2.05) is 0 Å². The Bertz CT molecular complexity index is 319. The Morgan fingerprint density at radius 1 is 0.462 bits per heavy atom. The van der Waals surface area contributed by atoms with Gasteiger partial charge in [0, 0.05) is 0 Å². The van der Waals surface area contributed by atoms with Gasteiger partial charge in [-0.25, -0.2) is 0 Å². The zero-order valence-electron chi connectivity index (χ0n) is 19.5. The van der Waals surface area contributed by atoms with E-state index < -0.39 is 25.2 Å². The van der Waals surface area contributed by atoms with Crippen molar-refractivity contribution >= 4 is 25.2 Å². The van der Waals surface area contributed by atoms with Gasteiger partial charge in [0.25, 0.3) is 0 Å². The molecular formula is C21H50O2Si3. The van der Waals surface area contributed by atoms with E-state index in [1.54, 1.807) is 0 Å². The zero-order valence-corrected chi connectivity index (χ0v) is 22.5. The highest BCUT2D eigenvalue weighted by Crippen LogP contribution is 2.26. The third kappa shape index (κ3) is 18.0. The molecule has 0 aliphatic carbocycles. The first kappa shape index (κ1) is 26.6. The molecule has 0 aromatic rings. The van der Waals surface area contributed by atoms with E-state index in [0.29, 0.717) is 0 Å². The van der Waals surface area contributed by atoms with Crippen LogP contribution in [-0.4, -0.2) is 25.2 Å². The molecule has 26 heavy (non-hydrogen) atoms. The Morgan fingerprint density at radius 3 is 1.08 bits per heavy atom. The summed E-state index contributed by atoms with van der Waals surface area (Å²) in [5.74, 6) is 0. The molecule has 0 amide bonds. The monoisotopic (exact) mass is 418 g/mol. The average Bonchev–Trinajstić information content (AvgIpc) is 2.44. The summed E-state index contributed by atoms with van der Waals surface area (Å²) < 4.78 is 13.2. The Kier molecular flexibility index (Phi) is 14.0. The maximum atomic E-state index is 6.59. The molecule has 0 saturated carbocycles. The molecule has 0 heterocycles. The van der Waals surface area contributed by atoms with E-state index in [1.165, 1.54) is 83.1 Å². The summed E-state index contributed by atoms with van der Waals surface area (Å²) in [5.41, 5.74) is 0. The number of unbranched alkanes of at least 4 members (excludes halogenated alkanes) is 11. The first-order valence-electron chi connectivity index (χ1n) is 11.4. The van der Waals surface area contributed by atoms with Gasteiger partial charge in [0.1, 0.15) is 0 Å². The Morgan fingerprint density at radius 2 is 0.769 bits per heavy atom. The summed E-state index contributed by atoms with van der Waals surface area (Å²) in [6.45, 7) is 18.4. The van der Waals surface area contributed by atoms with Crippen LogP contribution < -0.4 is 0 Å². The highest BCUT2D eigenvalue weighted by molar-refractivity contribution is 6.87. The van der Waals surface area contributed by atoms with Crippen molar-refractivity contribution in [1.29, 1.82) is 0 Å². The van der Waals surface area contributed by atoms with Crippen LogP contribution in [0.5, 0.6) is 0 Å². The van der Waals surface area contributed by atoms with Gasteiger partial charge in [0.15, 0.2) is 16.6 Å². The van der Waals surface area contributed by atoms with Gasteiger partial charge >= 0.3 is 8.56 Å². The molecule has 0 rings (SSSR count). The molecule has 5 heteroatoms. The lowest BCUT2D eigenvalue weighted by molar-refractivity contribution is 0.380. The van der Waals surface area contributed by atoms with E-state index in [2.05, 4.69) is 52.8 Å². The molecule has 158 valence electrons. The Hall–Kier alpha value is 0.571. The van der Waals surface area contributed by atoms with Crippen molar-refractivity contribution in [3.63, 3.8) is 0 Å². The molecule has 0 spiro atoms. The smallest absolute Gasteiger partial charge is 0.314 e. The molecule has 0 aromatic carbocycles. The van der Waals surface area contributed by atoms with Crippen molar-refractivity contribution in [2.75, 3.05) is 0 Å². The molecule has 0 fully saturated rings. The molecule has 0 N–H and O–H groups in total. The van der Waals surface area contributed by atoms with Crippen LogP contribution in [0.25, 0.3) is 0 Å². The van der Waals surface area contributed by atoms with Gasteiger partial charge in [0.05, 0.1) is 0 Å². The van der Waals surface area contributed by atoms with E-state index in [4.69, 9.17) is 8.23 Å². The van der Waals surface area contributed by atoms with Gasteiger partial charge in [-0.15, -0.1) is 0 Å². The molecule has 0 bridgehead atoms. The highest BCUT2D eigenvalue weighted by Gasteiger charge is 2.39. The summed E-state index contributed by atoms with van der Waals surface area (Å²) in [6, 6.07) is 1.18. The van der Waals surface area contributed by atoms with Crippen LogP contribution in [0.15, 0.2) is 0 Å². The number of hydrogen-bond donors (Lipinski definition) is 0. The van der Waals surface area contributed by atoms with Crippen LogP contribution in [0.3, 0.4) is 0 Å². The average molecular weight is 419 g/mol. The number of rotatable bonds is 17. The second-order valence-electron chi connectivity index (χ2n) is 10.2. The predicted molar refractivity (Wildman–Crippen MR) is 126 cm³/mol. The van der Waals surface area contributed by atoms with Crippen LogP contribution in [0.2, 0.25) is 51.9 Å². The fraction of sp³-hybridized carbons (Fsp3) is 1.00. The minimum Gasteiger partial charge on any atom is -0.437 e. The van der Waals surface area contributed by atoms with Gasteiger partial charge in [-0.3, -0.25) is 0 Å². The van der Waals surface area contributed by atoms with Crippen LogP contribution >= 0.6 is 0 Å². The SMILES string of the molecule is CCCCCCCCCCCCCC[Si](C)(O[Si](C)(C)C)O[Si](C)(C)C. The van der Waals surface area contributed by atoms with E-state index in [-0.39, 0.29) is 0 Å². The molecule has 0 atom stereocenters. The van der Waals surface area contributed by atoms with Crippen molar-refractivity contribution in [2.45, 2.75) is 136 Å². The van der Waals surface area contributed by atoms with Gasteiger partial charge in [0.2, 0.25) is 0 Å². The van der Waals surface area contributed by atoms with Gasteiger partial charge in [-0.05, 0) is 51.9 Å². The lowest BCUT2D eigenvalue weighted by Gasteiger charge is -2.38. The minimum atomic E-state index is -1.99. The van der Waals surface area contributed by atoms with Gasteiger partial charge < -0.3 is 8.23 Å². The fourth-order valence-corrected chi connectivity index (χ4v) is 16.3. The lowest BCUT2D eigenvalue weighted by Crippen LogP contribution is -2.52. The summed E-state index contributed by atoms with van der Waals surface area (Å²) in [6.07, 6.45) is 16.9. The molecule has 0 aromatic heterocycles. The standard InChI is InChI=1S/C21H50O2Si3/c1-9-10-11-12-13-14-15-16-17-18-19-20-21-26(8,22-24(2,3)4)23-25(5,6)7/h9-21H2,1-8H3. The lowest BCUT2D eigenvalue weighted by atomic mass is 10.1. The third-order valence-electron chi connectivity index (χ3n) is 4.53. The normalized spacial score (nSPS) is 13.4. The first-order chi connectivity index (χ1) is 12.0. The van der Waals surface area contributed by atoms with Crippen molar-refractivity contribution in [2.24, 2.45) is 0 Å². The first-order valence-corrected chi connectivity index (χ1v) is 20.7. The third-order valence-corrected chi connectivity index (χ3v) is 14.1. The molecule has 2 nitrogen and oxygen atoms in total. The largest absolute Gasteiger partial charge is 0.437 e. The second-order valence-corrected chi connectivity index (χ2v) is 23.1. The maximum absolute atomic E-state index is 6.59. The van der Waals surface area contributed by atoms with Crippen molar-refractivity contribution < 1.29 is 8.23 Å². The summed E-state index contributed by atoms with van der Waals surface area (Å²) >= 11 is 0. The van der Waals surface area contributed by atoms with Crippen molar-refractivity contribution in [1.82, 2.24) is 0 Å². The molecule has 0 unspecified atom stereocenters. The van der Waals surface area contributed by atoms with E-state index in [0.717, 1.165) is 0 Å². The molecular weight excluding hydrogens is 368 g/mol. The van der Waals surface area contributed by atoms with Crippen LogP contribution in [0.4, 0.5) is 0 Å². The summed E-state index contributed by atoms with van der Waals surface area (Å²) in [5, 5.41) is 0. The van der Waals surface area contributed by atoms with Crippen molar-refractivity contribution in [3.8, 4) is 0 Å². The summed E-state index contributed by atoms with van der Waals surface area (Å²) in [4.78, 5) is 0. The van der Waals surface area contributed by atoms with E-state index in [9.17, 15) is 0 Å².